The monoisotopic (exact) mass is 734 g/mol. The maximum Gasteiger partial charge on any atom is 0.345 e. The first-order valence-corrected chi connectivity index (χ1v) is 12.6. The molecule has 0 radical (unpaired) electrons. The summed E-state index contributed by atoms with van der Waals surface area (Å²) < 4.78 is 12.4. The molecule has 0 spiro atoms. The van der Waals surface area contributed by atoms with Crippen LogP contribution < -0.4 is 0 Å². The van der Waals surface area contributed by atoms with Crippen LogP contribution in [0.15, 0.2) is 0 Å². The Kier molecular flexibility index (Phi) is 10.6. The van der Waals surface area contributed by atoms with E-state index in [1.54, 1.807) is 0 Å². The summed E-state index contributed by atoms with van der Waals surface area (Å²) in [4.78, 5) is 0. The van der Waals surface area contributed by atoms with Crippen LogP contribution in [0.4, 0.5) is 0 Å². The van der Waals surface area contributed by atoms with Gasteiger partial charge in [0.25, 0.3) is 23.1 Å². The number of rotatable bonds is 13. The highest BCUT2D eigenvalue weighted by Gasteiger charge is 2.83. The van der Waals surface area contributed by atoms with E-state index in [0.29, 0.717) is 6.42 Å². The van der Waals surface area contributed by atoms with Gasteiger partial charge in [0.2, 0.25) is 17.2 Å². The Morgan fingerprint density at radius 1 is 0.429 bits per heavy atom. The second-order valence-corrected chi connectivity index (χ2v) is 10.7. The van der Waals surface area contributed by atoms with E-state index in [1.807, 2.05) is 0 Å². The first-order chi connectivity index (χ1) is 21.5. The van der Waals surface area contributed by atoms with Crippen molar-refractivity contribution in [1.29, 1.82) is 0 Å². The van der Waals surface area contributed by atoms with E-state index < -0.39 is 99.0 Å². The largest absolute Gasteiger partial charge is 0.504 e. The quantitative estimate of drug-likeness (QED) is 0.0508. The number of ether oxygens (including phenoxy) is 3. The molecule has 1 fully saturated rings. The number of hydrogen-bond acceptors (Lipinski definition) is 28. The predicted molar refractivity (Wildman–Crippen MR) is 131 cm³/mol. The Labute approximate surface area is 267 Å². The smallest absolute Gasteiger partial charge is 0.345 e. The molecular formula is C21H34O28. The van der Waals surface area contributed by atoms with Gasteiger partial charge in [0.1, 0.15) is 5.56 Å². The second-order valence-electron chi connectivity index (χ2n) is 10.7. The molecule has 0 saturated carbocycles. The number of hydrogen-bond donors (Lipinski definition) is 25. The highest BCUT2D eigenvalue weighted by molar-refractivity contribution is 5.68. The highest BCUT2D eigenvalue weighted by atomic mass is 16.9. The van der Waals surface area contributed by atoms with Crippen LogP contribution in [0.5, 0.6) is 28.7 Å². The minimum absolute atomic E-state index is 0.177. The SMILES string of the molecule is Oc1c(O)c(O)c(C(O)(O)C(O)(O)C(O)(O)C(O)(O)OC(O)(O)C(O)(O)C(O)(O)C(O)(O)C(O)(O)C(O)(O)OC2CCCCO2)c(O)c1O. The summed E-state index contributed by atoms with van der Waals surface area (Å²) in [5.41, 5.74) is -2.46. The van der Waals surface area contributed by atoms with Gasteiger partial charge in [-0.25, -0.2) is 0 Å². The van der Waals surface area contributed by atoms with Gasteiger partial charge in [-0.2, -0.15) is 0 Å². The molecule has 1 atom stereocenters. The van der Waals surface area contributed by atoms with Crippen molar-refractivity contribution in [1.82, 2.24) is 0 Å². The van der Waals surface area contributed by atoms with Crippen LogP contribution in [-0.4, -0.2) is 193 Å². The van der Waals surface area contributed by atoms with Crippen LogP contribution >= 0.6 is 0 Å². The fraction of sp³-hybridized carbons (Fsp3) is 0.714. The number of aromatic hydroxyl groups is 5. The molecule has 0 aliphatic carbocycles. The van der Waals surface area contributed by atoms with Gasteiger partial charge in [0, 0.05) is 6.61 Å². The van der Waals surface area contributed by atoms with Gasteiger partial charge in [-0.05, 0) is 19.3 Å². The zero-order valence-electron chi connectivity index (χ0n) is 23.8. The lowest BCUT2D eigenvalue weighted by molar-refractivity contribution is -0.637. The minimum atomic E-state index is -6.06. The van der Waals surface area contributed by atoms with Crippen molar-refractivity contribution >= 4 is 0 Å². The maximum absolute atomic E-state index is 10.2. The van der Waals surface area contributed by atoms with E-state index in [-0.39, 0.29) is 19.4 Å². The van der Waals surface area contributed by atoms with E-state index in [2.05, 4.69) is 9.47 Å². The molecule has 1 aliphatic heterocycles. The first kappa shape index (κ1) is 42.5. The summed E-state index contributed by atoms with van der Waals surface area (Å²) in [5.74, 6) is -67.7. The van der Waals surface area contributed by atoms with Crippen molar-refractivity contribution in [2.45, 2.75) is 84.0 Å². The van der Waals surface area contributed by atoms with Crippen molar-refractivity contribution in [2.24, 2.45) is 0 Å². The van der Waals surface area contributed by atoms with Crippen molar-refractivity contribution in [3.8, 4) is 28.7 Å². The molecule has 28 nitrogen and oxygen atoms in total. The molecule has 28 heteroatoms. The molecule has 1 heterocycles. The van der Waals surface area contributed by atoms with Crippen LogP contribution in [0, 0.1) is 0 Å². The van der Waals surface area contributed by atoms with Gasteiger partial charge in [0.15, 0.2) is 17.8 Å². The third-order valence-electron chi connectivity index (χ3n) is 7.23. The van der Waals surface area contributed by atoms with Crippen molar-refractivity contribution < 1.29 is 142 Å². The molecular weight excluding hydrogens is 700 g/mol. The summed E-state index contributed by atoms with van der Waals surface area (Å²) in [5, 5.41) is 250. The minimum Gasteiger partial charge on any atom is -0.504 e. The Bertz CT molecular complexity index is 1340. The van der Waals surface area contributed by atoms with Crippen molar-refractivity contribution in [3.05, 3.63) is 5.56 Å². The maximum atomic E-state index is 10.2. The fourth-order valence-corrected chi connectivity index (χ4v) is 4.01. The normalized spacial score (nSPS) is 18.6. The molecule has 1 aromatic rings. The molecule has 0 amide bonds. The molecule has 286 valence electrons. The third-order valence-corrected chi connectivity index (χ3v) is 7.23. The fourth-order valence-electron chi connectivity index (χ4n) is 4.01. The zero-order valence-corrected chi connectivity index (χ0v) is 23.8. The summed E-state index contributed by atoms with van der Waals surface area (Å²) in [6.45, 7) is -0.177. The lowest BCUT2D eigenvalue weighted by Crippen LogP contribution is -2.86. The van der Waals surface area contributed by atoms with E-state index in [0.717, 1.165) is 0 Å². The van der Waals surface area contributed by atoms with Crippen LogP contribution in [0.2, 0.25) is 0 Å². The van der Waals surface area contributed by atoms with Gasteiger partial charge in [-0.3, -0.25) is 9.47 Å². The Morgan fingerprint density at radius 2 is 0.776 bits per heavy atom. The lowest BCUT2D eigenvalue weighted by Gasteiger charge is -2.53. The number of benzene rings is 1. The molecule has 25 N–H and O–H groups in total. The first-order valence-electron chi connectivity index (χ1n) is 12.6. The van der Waals surface area contributed by atoms with Gasteiger partial charge < -0.3 is 132 Å². The zero-order chi connectivity index (χ0) is 39.0. The lowest BCUT2D eigenvalue weighted by atomic mass is 9.86. The number of phenols is 5. The van der Waals surface area contributed by atoms with Crippen LogP contribution in [0.1, 0.15) is 24.8 Å². The summed E-state index contributed by atoms with van der Waals surface area (Å²) >= 11 is 0. The average Bonchev–Trinajstić information content (AvgIpc) is 2.93. The van der Waals surface area contributed by atoms with Crippen molar-refractivity contribution in [3.63, 3.8) is 0 Å². The topological polar surface area (TPSA) is 533 Å². The summed E-state index contributed by atoms with van der Waals surface area (Å²) in [6.07, 6.45) is -1.58. The number of phenolic OH excluding ortho intramolecular Hbond substituents is 5. The van der Waals surface area contributed by atoms with Crippen molar-refractivity contribution in [2.75, 3.05) is 6.61 Å². The van der Waals surface area contributed by atoms with Gasteiger partial charge in [-0.1, -0.05) is 0 Å². The molecule has 1 saturated heterocycles. The van der Waals surface area contributed by atoms with E-state index >= 15 is 0 Å². The number of aliphatic hydroxyl groups is 20. The molecule has 1 aliphatic rings. The molecule has 1 unspecified atom stereocenters. The molecule has 0 bridgehead atoms. The summed E-state index contributed by atoms with van der Waals surface area (Å²) in [7, 11) is 0. The Hall–Kier alpha value is -2.70. The van der Waals surface area contributed by atoms with Gasteiger partial charge in [0.05, 0.1) is 0 Å². The third kappa shape index (κ3) is 6.07. The van der Waals surface area contributed by atoms with Gasteiger partial charge in [-0.15, -0.1) is 0 Å². The second kappa shape index (κ2) is 12.2. The molecule has 0 aromatic heterocycles. The average molecular weight is 734 g/mol. The Morgan fingerprint density at radius 3 is 1.14 bits per heavy atom. The highest BCUT2D eigenvalue weighted by Crippen LogP contribution is 2.56. The van der Waals surface area contributed by atoms with E-state index in [4.69, 9.17) is 4.74 Å². The van der Waals surface area contributed by atoms with Crippen LogP contribution in [0.25, 0.3) is 0 Å². The molecule has 49 heavy (non-hydrogen) atoms. The molecule has 2 rings (SSSR count). The molecule has 1 aromatic carbocycles. The van der Waals surface area contributed by atoms with Gasteiger partial charge >= 0.3 is 35.3 Å². The van der Waals surface area contributed by atoms with Crippen LogP contribution in [-0.2, 0) is 20.0 Å². The van der Waals surface area contributed by atoms with Crippen LogP contribution in [0.3, 0.4) is 0 Å². The predicted octanol–water partition coefficient (Wildman–Crippen LogP) is -12.1. The standard InChI is InChI=1S/C21H34O28/c22-7-6(8(23)10(25)11(26)9(7)24)12(27,28)13(29,30)16(35,36)20(43,44)49-21(45,46)18(39,40)15(33,34)14(31,32)17(37,38)19(41,42)48-5-3-1-2-4-47-5/h5,22-46H,1-4H2. The summed E-state index contributed by atoms with van der Waals surface area (Å²) in [6, 6.07) is 0. The van der Waals surface area contributed by atoms with E-state index in [9.17, 15) is 128 Å². The van der Waals surface area contributed by atoms with E-state index in [1.165, 1.54) is 0 Å². The Balaban J connectivity index is 2.59.